The first-order valence-electron chi connectivity index (χ1n) is 7.02. The van der Waals surface area contributed by atoms with Crippen LogP contribution >= 0.6 is 0 Å². The lowest BCUT2D eigenvalue weighted by atomic mass is 9.75. The molecule has 0 bridgehead atoms. The van der Waals surface area contributed by atoms with Crippen molar-refractivity contribution in [1.82, 2.24) is 0 Å². The minimum Gasteiger partial charge on any atom is -0.294 e. The minimum absolute atomic E-state index is 0.0379. The number of hydrogen-bond acceptors (Lipinski definition) is 1. The van der Waals surface area contributed by atoms with Gasteiger partial charge in [-0.25, -0.2) is 0 Å². The van der Waals surface area contributed by atoms with Gasteiger partial charge < -0.3 is 0 Å². The SMILES string of the molecule is CCC1(C(=O)C2=CCCCCC2)CCCC1. The van der Waals surface area contributed by atoms with Gasteiger partial charge in [-0.3, -0.25) is 4.79 Å². The van der Waals surface area contributed by atoms with Gasteiger partial charge >= 0.3 is 0 Å². The fourth-order valence-electron chi connectivity index (χ4n) is 3.35. The number of hydrogen-bond donors (Lipinski definition) is 0. The largest absolute Gasteiger partial charge is 0.294 e. The molecule has 1 nitrogen and oxygen atoms in total. The molecule has 0 saturated heterocycles. The summed E-state index contributed by atoms with van der Waals surface area (Å²) in [7, 11) is 0. The number of rotatable bonds is 3. The Hall–Kier alpha value is -0.590. The molecule has 0 heterocycles. The van der Waals surface area contributed by atoms with Gasteiger partial charge in [0.15, 0.2) is 5.78 Å². The highest BCUT2D eigenvalue weighted by molar-refractivity contribution is 6.00. The summed E-state index contributed by atoms with van der Waals surface area (Å²) in [5.41, 5.74) is 1.21. The van der Waals surface area contributed by atoms with E-state index < -0.39 is 0 Å². The zero-order valence-corrected chi connectivity index (χ0v) is 10.6. The van der Waals surface area contributed by atoms with Gasteiger partial charge in [-0.1, -0.05) is 32.3 Å². The predicted molar refractivity (Wildman–Crippen MR) is 67.4 cm³/mol. The number of carbonyl (C=O) groups excluding carboxylic acids is 1. The molecule has 16 heavy (non-hydrogen) atoms. The third-order valence-corrected chi connectivity index (χ3v) is 4.55. The van der Waals surface area contributed by atoms with E-state index in [-0.39, 0.29) is 5.41 Å². The molecule has 0 amide bonds. The summed E-state index contributed by atoms with van der Waals surface area (Å²) in [6, 6.07) is 0. The quantitative estimate of drug-likeness (QED) is 0.688. The average molecular weight is 220 g/mol. The van der Waals surface area contributed by atoms with E-state index in [2.05, 4.69) is 13.0 Å². The summed E-state index contributed by atoms with van der Waals surface area (Å²) in [6.45, 7) is 2.19. The molecule has 0 aliphatic heterocycles. The van der Waals surface area contributed by atoms with Crippen molar-refractivity contribution in [2.24, 2.45) is 5.41 Å². The zero-order chi connectivity index (χ0) is 11.4. The summed E-state index contributed by atoms with van der Waals surface area (Å²) in [4.78, 5) is 12.6. The van der Waals surface area contributed by atoms with E-state index in [0.717, 1.165) is 32.1 Å². The molecule has 2 aliphatic carbocycles. The topological polar surface area (TPSA) is 17.1 Å². The van der Waals surface area contributed by atoms with E-state index >= 15 is 0 Å². The Morgan fingerprint density at radius 3 is 2.62 bits per heavy atom. The van der Waals surface area contributed by atoms with Gasteiger partial charge in [-0.2, -0.15) is 0 Å². The second kappa shape index (κ2) is 5.16. The average Bonchev–Trinajstić information content (AvgIpc) is 2.64. The van der Waals surface area contributed by atoms with Gasteiger partial charge in [0, 0.05) is 5.41 Å². The first kappa shape index (κ1) is 11.9. The molecule has 2 rings (SSSR count). The molecule has 0 N–H and O–H groups in total. The van der Waals surface area contributed by atoms with Crippen molar-refractivity contribution in [1.29, 1.82) is 0 Å². The van der Waals surface area contributed by atoms with Gasteiger partial charge in [0.1, 0.15) is 0 Å². The molecule has 1 heteroatoms. The number of Topliss-reactive ketones (excluding diaryl/α,β-unsaturated/α-hetero) is 1. The number of carbonyl (C=O) groups is 1. The maximum absolute atomic E-state index is 12.6. The van der Waals surface area contributed by atoms with E-state index in [1.165, 1.54) is 37.7 Å². The Morgan fingerprint density at radius 1 is 1.19 bits per heavy atom. The molecule has 0 radical (unpaired) electrons. The van der Waals surface area contributed by atoms with Gasteiger partial charge in [0.25, 0.3) is 0 Å². The van der Waals surface area contributed by atoms with Crippen LogP contribution in [0.4, 0.5) is 0 Å². The van der Waals surface area contributed by atoms with Crippen LogP contribution in [0, 0.1) is 5.41 Å². The second-order valence-corrected chi connectivity index (χ2v) is 5.50. The van der Waals surface area contributed by atoms with Gasteiger partial charge in [0.05, 0.1) is 0 Å². The van der Waals surface area contributed by atoms with Crippen molar-refractivity contribution in [2.75, 3.05) is 0 Å². The lowest BCUT2D eigenvalue weighted by Gasteiger charge is -2.27. The smallest absolute Gasteiger partial charge is 0.164 e. The minimum atomic E-state index is 0.0379. The Morgan fingerprint density at radius 2 is 1.94 bits per heavy atom. The van der Waals surface area contributed by atoms with Crippen LogP contribution in [-0.2, 0) is 4.79 Å². The summed E-state index contributed by atoms with van der Waals surface area (Å²) < 4.78 is 0. The van der Waals surface area contributed by atoms with Crippen LogP contribution in [0.15, 0.2) is 11.6 Å². The fraction of sp³-hybridized carbons (Fsp3) is 0.800. The summed E-state index contributed by atoms with van der Waals surface area (Å²) in [6.07, 6.45) is 14.0. The first-order valence-corrected chi connectivity index (χ1v) is 7.02. The lowest BCUT2D eigenvalue weighted by molar-refractivity contribution is -0.125. The van der Waals surface area contributed by atoms with Gasteiger partial charge in [-0.15, -0.1) is 0 Å². The molecule has 2 aliphatic rings. The normalized spacial score (nSPS) is 24.9. The van der Waals surface area contributed by atoms with Crippen molar-refractivity contribution in [3.63, 3.8) is 0 Å². The van der Waals surface area contributed by atoms with Crippen LogP contribution in [0.5, 0.6) is 0 Å². The fourth-order valence-corrected chi connectivity index (χ4v) is 3.35. The van der Waals surface area contributed by atoms with E-state index in [4.69, 9.17) is 0 Å². The van der Waals surface area contributed by atoms with Crippen molar-refractivity contribution in [2.45, 2.75) is 71.1 Å². The van der Waals surface area contributed by atoms with E-state index in [9.17, 15) is 4.79 Å². The number of allylic oxidation sites excluding steroid dienone is 2. The summed E-state index contributed by atoms with van der Waals surface area (Å²) in [5, 5.41) is 0. The van der Waals surface area contributed by atoms with Crippen molar-refractivity contribution in [3.8, 4) is 0 Å². The standard InChI is InChI=1S/C15H24O/c1-2-15(11-7-8-12-15)14(16)13-9-5-3-4-6-10-13/h9H,2-8,10-12H2,1H3. The third kappa shape index (κ3) is 2.23. The lowest BCUT2D eigenvalue weighted by Crippen LogP contribution is -2.28. The molecule has 0 aromatic heterocycles. The molecule has 0 aromatic rings. The second-order valence-electron chi connectivity index (χ2n) is 5.50. The Kier molecular flexibility index (Phi) is 3.83. The van der Waals surface area contributed by atoms with Crippen LogP contribution < -0.4 is 0 Å². The Bertz CT molecular complexity index is 282. The molecule has 0 unspecified atom stereocenters. The maximum atomic E-state index is 12.6. The van der Waals surface area contributed by atoms with E-state index in [1.807, 2.05) is 0 Å². The highest BCUT2D eigenvalue weighted by atomic mass is 16.1. The molecular formula is C15H24O. The summed E-state index contributed by atoms with van der Waals surface area (Å²) in [5.74, 6) is 0.509. The first-order chi connectivity index (χ1) is 7.78. The maximum Gasteiger partial charge on any atom is 0.164 e. The Balaban J connectivity index is 2.12. The Labute approximate surface area is 99.3 Å². The van der Waals surface area contributed by atoms with Crippen molar-refractivity contribution >= 4 is 5.78 Å². The van der Waals surface area contributed by atoms with Crippen LogP contribution in [0.3, 0.4) is 0 Å². The molecule has 0 atom stereocenters. The van der Waals surface area contributed by atoms with Crippen LogP contribution in [-0.4, -0.2) is 5.78 Å². The van der Waals surface area contributed by atoms with Gasteiger partial charge in [-0.05, 0) is 50.5 Å². The highest BCUT2D eigenvalue weighted by Gasteiger charge is 2.40. The molecule has 0 spiro atoms. The monoisotopic (exact) mass is 220 g/mol. The van der Waals surface area contributed by atoms with Crippen LogP contribution in [0.1, 0.15) is 71.1 Å². The molecular weight excluding hydrogens is 196 g/mol. The summed E-state index contributed by atoms with van der Waals surface area (Å²) >= 11 is 0. The third-order valence-electron chi connectivity index (χ3n) is 4.55. The molecule has 0 aromatic carbocycles. The van der Waals surface area contributed by atoms with Crippen molar-refractivity contribution in [3.05, 3.63) is 11.6 Å². The van der Waals surface area contributed by atoms with Crippen LogP contribution in [0.25, 0.3) is 0 Å². The van der Waals surface area contributed by atoms with Crippen molar-refractivity contribution < 1.29 is 4.79 Å². The van der Waals surface area contributed by atoms with Gasteiger partial charge in [0.2, 0.25) is 0 Å². The molecule has 90 valence electrons. The van der Waals surface area contributed by atoms with Crippen LogP contribution in [0.2, 0.25) is 0 Å². The van der Waals surface area contributed by atoms with E-state index in [1.54, 1.807) is 0 Å². The number of ketones is 1. The molecule has 1 fully saturated rings. The van der Waals surface area contributed by atoms with E-state index in [0.29, 0.717) is 5.78 Å². The highest BCUT2D eigenvalue weighted by Crippen LogP contribution is 2.44. The predicted octanol–water partition coefficient (Wildman–Crippen LogP) is 4.42. The molecule has 1 saturated carbocycles. The zero-order valence-electron chi connectivity index (χ0n) is 10.6.